The summed E-state index contributed by atoms with van der Waals surface area (Å²) in [5.41, 5.74) is 1.92. The van der Waals surface area contributed by atoms with Crippen molar-refractivity contribution in [3.63, 3.8) is 0 Å². The number of aromatic nitrogens is 1. The highest BCUT2D eigenvalue weighted by Crippen LogP contribution is 2.35. The minimum absolute atomic E-state index is 0.00140. The number of piperidine rings is 1. The van der Waals surface area contributed by atoms with Crippen LogP contribution in [0, 0.1) is 5.92 Å². The summed E-state index contributed by atoms with van der Waals surface area (Å²) in [6.45, 7) is 7.25. The highest BCUT2D eigenvalue weighted by Gasteiger charge is 2.34. The maximum absolute atomic E-state index is 12.3. The smallest absolute Gasteiger partial charge is 0.410 e. The molecular formula is C24H30N2O7. The summed E-state index contributed by atoms with van der Waals surface area (Å²) >= 11 is 0. The molecule has 1 N–H and O–H groups in total. The van der Waals surface area contributed by atoms with Crippen LogP contribution in [0.2, 0.25) is 0 Å². The lowest BCUT2D eigenvalue weighted by Gasteiger charge is -2.38. The predicted molar refractivity (Wildman–Crippen MR) is 118 cm³/mol. The van der Waals surface area contributed by atoms with E-state index in [2.05, 4.69) is 5.16 Å². The van der Waals surface area contributed by atoms with E-state index < -0.39 is 11.6 Å². The number of hydrogen-bond donors (Lipinski definition) is 1. The van der Waals surface area contributed by atoms with Gasteiger partial charge < -0.3 is 28.7 Å². The molecule has 0 bridgehead atoms. The van der Waals surface area contributed by atoms with Gasteiger partial charge in [0.05, 0.1) is 13.0 Å². The van der Waals surface area contributed by atoms with Crippen LogP contribution in [-0.2, 0) is 27.3 Å². The maximum Gasteiger partial charge on any atom is 0.410 e. The van der Waals surface area contributed by atoms with Crippen molar-refractivity contribution in [3.05, 3.63) is 35.6 Å². The van der Waals surface area contributed by atoms with Gasteiger partial charge in [0.25, 0.3) is 0 Å². The number of benzene rings is 1. The molecule has 4 rings (SSSR count). The molecular weight excluding hydrogens is 428 g/mol. The van der Waals surface area contributed by atoms with E-state index in [0.717, 1.165) is 29.7 Å². The molecule has 1 saturated heterocycles. The van der Waals surface area contributed by atoms with Gasteiger partial charge in [0.2, 0.25) is 6.29 Å². The van der Waals surface area contributed by atoms with Crippen LogP contribution >= 0.6 is 0 Å². The SMILES string of the molecule is CC(C)(C)OC(=O)N1CCC(C2OCc3cc(-c4cc(CCC(=O)O)on4)ccc3O2)CC1. The zero-order valence-corrected chi connectivity index (χ0v) is 19.2. The fourth-order valence-electron chi connectivity index (χ4n) is 4.01. The summed E-state index contributed by atoms with van der Waals surface area (Å²) < 4.78 is 22.9. The van der Waals surface area contributed by atoms with Gasteiger partial charge in [0.1, 0.15) is 22.8 Å². The van der Waals surface area contributed by atoms with Crippen LogP contribution in [0.5, 0.6) is 5.75 Å². The molecule has 1 fully saturated rings. The molecule has 3 heterocycles. The predicted octanol–water partition coefficient (Wildman–Crippen LogP) is 4.24. The van der Waals surface area contributed by atoms with E-state index in [1.165, 1.54) is 0 Å². The number of carbonyl (C=O) groups is 2. The summed E-state index contributed by atoms with van der Waals surface area (Å²) in [5, 5.41) is 12.9. The van der Waals surface area contributed by atoms with Crippen LogP contribution in [0.3, 0.4) is 0 Å². The lowest BCUT2D eigenvalue weighted by molar-refractivity contribution is -0.149. The first kappa shape index (κ1) is 23.1. The van der Waals surface area contributed by atoms with Crippen molar-refractivity contribution >= 4 is 12.1 Å². The zero-order chi connectivity index (χ0) is 23.6. The van der Waals surface area contributed by atoms with Gasteiger partial charge in [-0.3, -0.25) is 4.79 Å². The number of nitrogens with zero attached hydrogens (tertiary/aromatic N) is 2. The van der Waals surface area contributed by atoms with Gasteiger partial charge in [-0.15, -0.1) is 0 Å². The number of carbonyl (C=O) groups excluding carboxylic acids is 1. The topological polar surface area (TPSA) is 111 Å². The molecule has 33 heavy (non-hydrogen) atoms. The van der Waals surface area contributed by atoms with Crippen molar-refractivity contribution in [2.24, 2.45) is 5.92 Å². The number of aliphatic carboxylic acids is 1. The molecule has 2 aliphatic rings. The lowest BCUT2D eigenvalue weighted by Crippen LogP contribution is -2.45. The highest BCUT2D eigenvalue weighted by atomic mass is 16.7. The third-order valence-electron chi connectivity index (χ3n) is 5.72. The molecule has 178 valence electrons. The Kier molecular flexibility index (Phi) is 6.60. The van der Waals surface area contributed by atoms with E-state index in [1.54, 1.807) is 11.0 Å². The van der Waals surface area contributed by atoms with E-state index in [0.29, 0.717) is 37.6 Å². The normalized spacial score (nSPS) is 19.0. The number of ether oxygens (including phenoxy) is 3. The lowest BCUT2D eigenvalue weighted by atomic mass is 9.95. The summed E-state index contributed by atoms with van der Waals surface area (Å²) in [7, 11) is 0. The van der Waals surface area contributed by atoms with E-state index in [-0.39, 0.29) is 24.7 Å². The molecule has 1 unspecified atom stereocenters. The molecule has 1 amide bonds. The van der Waals surface area contributed by atoms with Gasteiger partial charge in [-0.1, -0.05) is 5.16 Å². The van der Waals surface area contributed by atoms with E-state index in [1.807, 2.05) is 39.0 Å². The second kappa shape index (κ2) is 9.43. The Labute approximate surface area is 192 Å². The minimum atomic E-state index is -0.874. The fraction of sp³-hybridized carbons (Fsp3) is 0.542. The third-order valence-corrected chi connectivity index (χ3v) is 5.72. The van der Waals surface area contributed by atoms with Crippen LogP contribution in [0.1, 0.15) is 51.4 Å². The first-order valence-corrected chi connectivity index (χ1v) is 11.2. The van der Waals surface area contributed by atoms with Crippen molar-refractivity contribution in [1.29, 1.82) is 0 Å². The molecule has 2 aliphatic heterocycles. The summed E-state index contributed by atoms with van der Waals surface area (Å²) in [5.74, 6) is 0.638. The third kappa shape index (κ3) is 5.84. The number of likely N-dealkylation sites (tertiary alicyclic amines) is 1. The van der Waals surface area contributed by atoms with Crippen LogP contribution in [0.15, 0.2) is 28.8 Å². The second-order valence-corrected chi connectivity index (χ2v) is 9.50. The Morgan fingerprint density at radius 3 is 2.67 bits per heavy atom. The average molecular weight is 459 g/mol. The van der Waals surface area contributed by atoms with Gasteiger partial charge >= 0.3 is 12.1 Å². The molecule has 9 heteroatoms. The Bertz CT molecular complexity index is 1000. The van der Waals surface area contributed by atoms with Gasteiger partial charge in [0, 0.05) is 42.6 Å². The summed E-state index contributed by atoms with van der Waals surface area (Å²) in [6, 6.07) is 7.53. The van der Waals surface area contributed by atoms with E-state index in [4.69, 9.17) is 23.8 Å². The van der Waals surface area contributed by atoms with Crippen molar-refractivity contribution < 1.29 is 33.4 Å². The monoisotopic (exact) mass is 458 g/mol. The molecule has 0 radical (unpaired) electrons. The van der Waals surface area contributed by atoms with Crippen LogP contribution in [-0.4, -0.2) is 52.2 Å². The highest BCUT2D eigenvalue weighted by molar-refractivity contribution is 5.68. The summed E-state index contributed by atoms with van der Waals surface area (Å²) in [4.78, 5) is 24.8. The quantitative estimate of drug-likeness (QED) is 0.708. The number of carboxylic acid groups (broad SMARTS) is 1. The van der Waals surface area contributed by atoms with Crippen LogP contribution < -0.4 is 4.74 Å². The first-order chi connectivity index (χ1) is 15.7. The molecule has 0 spiro atoms. The Morgan fingerprint density at radius 1 is 1.21 bits per heavy atom. The van der Waals surface area contributed by atoms with Gasteiger partial charge in [0.15, 0.2) is 0 Å². The number of amides is 1. The first-order valence-electron chi connectivity index (χ1n) is 11.2. The molecule has 0 saturated carbocycles. The number of fused-ring (bicyclic) bond motifs is 1. The summed E-state index contributed by atoms with van der Waals surface area (Å²) in [6.07, 6.45) is 1.25. The number of carboxylic acids is 1. The Morgan fingerprint density at radius 2 is 1.97 bits per heavy atom. The minimum Gasteiger partial charge on any atom is -0.481 e. The number of hydrogen-bond acceptors (Lipinski definition) is 7. The van der Waals surface area contributed by atoms with Gasteiger partial charge in [-0.2, -0.15) is 0 Å². The van der Waals surface area contributed by atoms with Crippen molar-refractivity contribution in [2.75, 3.05) is 13.1 Å². The molecule has 1 aromatic carbocycles. The molecule has 1 aromatic heterocycles. The molecule has 9 nitrogen and oxygen atoms in total. The number of rotatable bonds is 5. The van der Waals surface area contributed by atoms with E-state index in [9.17, 15) is 9.59 Å². The average Bonchev–Trinajstić information content (AvgIpc) is 3.25. The standard InChI is InChI=1S/C24H30N2O7/c1-24(2,3)32-23(29)26-10-8-15(9-11-26)22-30-14-17-12-16(4-6-20(17)31-22)19-13-18(33-25-19)5-7-21(27)28/h4,6,12-13,15,22H,5,7-11,14H2,1-3H3,(H,27,28). The van der Waals surface area contributed by atoms with Crippen LogP contribution in [0.4, 0.5) is 4.79 Å². The molecule has 1 atom stereocenters. The largest absolute Gasteiger partial charge is 0.481 e. The van der Waals surface area contributed by atoms with Crippen LogP contribution in [0.25, 0.3) is 11.3 Å². The Balaban J connectivity index is 1.33. The van der Waals surface area contributed by atoms with Gasteiger partial charge in [-0.25, -0.2) is 4.79 Å². The van der Waals surface area contributed by atoms with Gasteiger partial charge in [-0.05, 0) is 51.8 Å². The maximum atomic E-state index is 12.3. The zero-order valence-electron chi connectivity index (χ0n) is 19.2. The Hall–Kier alpha value is -3.07. The number of aryl methyl sites for hydroxylation is 1. The van der Waals surface area contributed by atoms with E-state index >= 15 is 0 Å². The van der Waals surface area contributed by atoms with Crippen molar-refractivity contribution in [1.82, 2.24) is 10.1 Å². The fourth-order valence-corrected chi connectivity index (χ4v) is 4.01. The second-order valence-electron chi connectivity index (χ2n) is 9.50. The van der Waals surface area contributed by atoms with Crippen molar-refractivity contribution in [2.45, 2.75) is 65.0 Å². The molecule has 2 aromatic rings. The van der Waals surface area contributed by atoms with Crippen molar-refractivity contribution in [3.8, 4) is 17.0 Å². The molecule has 0 aliphatic carbocycles.